The van der Waals surface area contributed by atoms with Crippen LogP contribution in [-0.2, 0) is 9.59 Å². The Labute approximate surface area is 107 Å². The molecule has 2 aliphatic rings. The Hall–Kier alpha value is -0.410. The lowest BCUT2D eigenvalue weighted by atomic mass is 9.52. The van der Waals surface area contributed by atoms with Crippen molar-refractivity contribution in [2.75, 3.05) is 0 Å². The van der Waals surface area contributed by atoms with E-state index in [-0.39, 0.29) is 16.9 Å². The Morgan fingerprint density at radius 3 is 2.71 bits per heavy atom. The maximum absolute atomic E-state index is 12.1. The van der Waals surface area contributed by atoms with E-state index in [4.69, 9.17) is 11.6 Å². The summed E-state index contributed by atoms with van der Waals surface area (Å²) in [7, 11) is 0. The number of aliphatic hydroxyl groups is 1. The zero-order valence-corrected chi connectivity index (χ0v) is 11.1. The van der Waals surface area contributed by atoms with E-state index in [1.54, 1.807) is 6.92 Å². The van der Waals surface area contributed by atoms with E-state index in [0.29, 0.717) is 32.1 Å². The fraction of sp³-hybridized carbons (Fsp3) is 0.846. The second kappa shape index (κ2) is 4.06. The number of ketones is 2. The molecule has 4 heteroatoms. The molecule has 3 nitrogen and oxygen atoms in total. The molecule has 4 atom stereocenters. The number of carbonyl (C=O) groups is 2. The van der Waals surface area contributed by atoms with Crippen molar-refractivity contribution in [2.45, 2.75) is 56.9 Å². The lowest BCUT2D eigenvalue weighted by Crippen LogP contribution is -2.64. The number of hydrogen-bond acceptors (Lipinski definition) is 3. The summed E-state index contributed by atoms with van der Waals surface area (Å²) >= 11 is 6.20. The van der Waals surface area contributed by atoms with Gasteiger partial charge in [-0.2, -0.15) is 0 Å². The molecule has 2 saturated carbocycles. The van der Waals surface area contributed by atoms with Crippen molar-refractivity contribution in [2.24, 2.45) is 11.3 Å². The molecule has 0 bridgehead atoms. The van der Waals surface area contributed by atoms with E-state index in [1.807, 2.05) is 0 Å². The van der Waals surface area contributed by atoms with Gasteiger partial charge in [0.15, 0.2) is 0 Å². The van der Waals surface area contributed by atoms with Gasteiger partial charge in [-0.15, -0.1) is 11.6 Å². The molecule has 0 aromatic rings. The molecule has 0 aliphatic heterocycles. The Morgan fingerprint density at radius 1 is 1.47 bits per heavy atom. The topological polar surface area (TPSA) is 54.4 Å². The van der Waals surface area contributed by atoms with Crippen LogP contribution >= 0.6 is 11.6 Å². The molecule has 1 N–H and O–H groups in total. The van der Waals surface area contributed by atoms with Crippen molar-refractivity contribution in [3.05, 3.63) is 0 Å². The molecule has 0 heterocycles. The minimum atomic E-state index is -1.24. The Bertz CT molecular complexity index is 368. The van der Waals surface area contributed by atoms with Gasteiger partial charge < -0.3 is 5.11 Å². The van der Waals surface area contributed by atoms with Crippen molar-refractivity contribution >= 4 is 23.2 Å². The van der Waals surface area contributed by atoms with Gasteiger partial charge in [0.05, 0.1) is 16.9 Å². The van der Waals surface area contributed by atoms with Crippen LogP contribution in [0.15, 0.2) is 0 Å². The first-order valence-corrected chi connectivity index (χ1v) is 6.67. The molecule has 0 saturated heterocycles. The highest BCUT2D eigenvalue weighted by Crippen LogP contribution is 2.55. The quantitative estimate of drug-likeness (QED) is 0.733. The third kappa shape index (κ3) is 1.66. The Morgan fingerprint density at radius 2 is 2.12 bits per heavy atom. The van der Waals surface area contributed by atoms with Gasteiger partial charge in [0, 0.05) is 11.8 Å². The van der Waals surface area contributed by atoms with Gasteiger partial charge in [-0.25, -0.2) is 0 Å². The van der Waals surface area contributed by atoms with Crippen molar-refractivity contribution in [3.8, 4) is 0 Å². The highest BCUT2D eigenvalue weighted by atomic mass is 35.5. The average molecular weight is 259 g/mol. The van der Waals surface area contributed by atoms with Crippen LogP contribution in [0.2, 0.25) is 0 Å². The fourth-order valence-electron chi connectivity index (χ4n) is 3.65. The summed E-state index contributed by atoms with van der Waals surface area (Å²) in [5, 5.41) is 10.5. The largest absolute Gasteiger partial charge is 0.388 e. The Balaban J connectivity index is 2.47. The zero-order valence-electron chi connectivity index (χ0n) is 10.3. The van der Waals surface area contributed by atoms with Crippen LogP contribution < -0.4 is 0 Å². The third-order valence-electron chi connectivity index (χ3n) is 4.77. The first kappa shape index (κ1) is 13.0. The number of carbonyl (C=O) groups excluding carboxylic acids is 2. The SMILES string of the molecule is CC(=O)[C@H]1[C@H](Cl)CC[C@]2(C)C(=O)CCC[C@]12O. The summed E-state index contributed by atoms with van der Waals surface area (Å²) in [5.41, 5.74) is -2.02. The summed E-state index contributed by atoms with van der Waals surface area (Å²) in [6, 6.07) is 0. The average Bonchev–Trinajstić information content (AvgIpc) is 2.22. The maximum atomic E-state index is 12.1. The molecule has 0 amide bonds. The maximum Gasteiger partial charge on any atom is 0.141 e. The van der Waals surface area contributed by atoms with Crippen molar-refractivity contribution in [1.82, 2.24) is 0 Å². The normalized spacial score (nSPS) is 46.5. The summed E-state index contributed by atoms with van der Waals surface area (Å²) in [4.78, 5) is 23.9. The van der Waals surface area contributed by atoms with Crippen molar-refractivity contribution < 1.29 is 14.7 Å². The van der Waals surface area contributed by atoms with E-state index >= 15 is 0 Å². The van der Waals surface area contributed by atoms with Crippen LogP contribution in [0.1, 0.15) is 46.0 Å². The van der Waals surface area contributed by atoms with E-state index in [1.165, 1.54) is 6.92 Å². The van der Waals surface area contributed by atoms with Gasteiger partial charge in [0.1, 0.15) is 11.6 Å². The molecule has 2 aliphatic carbocycles. The third-order valence-corrected chi connectivity index (χ3v) is 5.24. The molecular weight excluding hydrogens is 240 g/mol. The van der Waals surface area contributed by atoms with Crippen LogP contribution in [0.3, 0.4) is 0 Å². The second-order valence-electron chi connectivity index (χ2n) is 5.68. The molecule has 17 heavy (non-hydrogen) atoms. The molecule has 96 valence electrons. The van der Waals surface area contributed by atoms with Crippen molar-refractivity contribution in [3.63, 3.8) is 0 Å². The van der Waals surface area contributed by atoms with E-state index in [2.05, 4.69) is 0 Å². The van der Waals surface area contributed by atoms with Crippen LogP contribution in [0.5, 0.6) is 0 Å². The molecule has 0 unspecified atom stereocenters. The number of fused-ring (bicyclic) bond motifs is 1. The first-order chi connectivity index (χ1) is 7.83. The lowest BCUT2D eigenvalue weighted by molar-refractivity contribution is -0.181. The van der Waals surface area contributed by atoms with Crippen LogP contribution in [0.4, 0.5) is 0 Å². The number of rotatable bonds is 1. The number of Topliss-reactive ketones (excluding diaryl/α,β-unsaturated/α-hetero) is 2. The van der Waals surface area contributed by atoms with E-state index in [0.717, 1.165) is 0 Å². The molecule has 0 aromatic heterocycles. The Kier molecular flexibility index (Phi) is 3.11. The summed E-state index contributed by atoms with van der Waals surface area (Å²) < 4.78 is 0. The van der Waals surface area contributed by atoms with Crippen LogP contribution in [0.25, 0.3) is 0 Å². The minimum absolute atomic E-state index is 0.0843. The molecule has 0 radical (unpaired) electrons. The summed E-state index contributed by atoms with van der Waals surface area (Å²) in [6.45, 7) is 3.26. The lowest BCUT2D eigenvalue weighted by Gasteiger charge is -2.55. The van der Waals surface area contributed by atoms with Crippen LogP contribution in [-0.4, -0.2) is 27.7 Å². The van der Waals surface area contributed by atoms with Gasteiger partial charge in [-0.3, -0.25) is 9.59 Å². The summed E-state index contributed by atoms with van der Waals surface area (Å²) in [6.07, 6.45) is 2.87. The number of hydrogen-bond donors (Lipinski definition) is 1. The second-order valence-corrected chi connectivity index (χ2v) is 6.24. The van der Waals surface area contributed by atoms with Gasteiger partial charge in [0.2, 0.25) is 0 Å². The predicted octanol–water partition coefficient (Wildman–Crippen LogP) is 2.08. The van der Waals surface area contributed by atoms with Crippen molar-refractivity contribution in [1.29, 1.82) is 0 Å². The highest BCUT2D eigenvalue weighted by molar-refractivity contribution is 6.22. The van der Waals surface area contributed by atoms with Gasteiger partial charge in [0.25, 0.3) is 0 Å². The minimum Gasteiger partial charge on any atom is -0.388 e. The number of halogens is 1. The molecule has 0 aromatic carbocycles. The molecule has 0 spiro atoms. The van der Waals surface area contributed by atoms with Gasteiger partial charge >= 0.3 is 0 Å². The predicted molar refractivity (Wildman–Crippen MR) is 65.0 cm³/mol. The number of alkyl halides is 1. The van der Waals surface area contributed by atoms with E-state index in [9.17, 15) is 14.7 Å². The summed E-state index contributed by atoms with van der Waals surface area (Å²) in [5.74, 6) is -0.624. The fourth-order valence-corrected chi connectivity index (χ4v) is 4.14. The zero-order chi connectivity index (χ0) is 12.8. The van der Waals surface area contributed by atoms with Gasteiger partial charge in [-0.05, 0) is 39.5 Å². The van der Waals surface area contributed by atoms with E-state index < -0.39 is 16.9 Å². The molecule has 2 rings (SSSR count). The van der Waals surface area contributed by atoms with Crippen LogP contribution in [0, 0.1) is 11.3 Å². The van der Waals surface area contributed by atoms with Gasteiger partial charge in [-0.1, -0.05) is 0 Å². The monoisotopic (exact) mass is 258 g/mol. The first-order valence-electron chi connectivity index (χ1n) is 6.23. The smallest absolute Gasteiger partial charge is 0.141 e. The molecule has 2 fully saturated rings. The molecular formula is C13H19ClO3. The highest BCUT2D eigenvalue weighted by Gasteiger charge is 2.62. The standard InChI is InChI=1S/C13H19ClO3/c1-8(15)11-9(14)5-7-12(2)10(16)4-3-6-13(11,12)17/h9,11,17H,3-7H2,1-2H3/t9-,11+,12-,13+/m1/s1.